The van der Waals surface area contributed by atoms with E-state index in [0.29, 0.717) is 12.3 Å². The van der Waals surface area contributed by atoms with E-state index in [4.69, 9.17) is 9.47 Å². The van der Waals surface area contributed by atoms with Gasteiger partial charge in [-0.3, -0.25) is 0 Å². The number of carbonyl (C=O) groups is 2. The van der Waals surface area contributed by atoms with E-state index in [2.05, 4.69) is 55.5 Å². The molecule has 32 heavy (non-hydrogen) atoms. The number of aryl methyl sites for hydroxylation is 1. The highest BCUT2D eigenvalue weighted by molar-refractivity contribution is 5.84. The minimum Gasteiger partial charge on any atom is -0.444 e. The van der Waals surface area contributed by atoms with E-state index in [0.717, 1.165) is 31.3 Å². The number of alkyl carbamates (subject to hydrolysis) is 1. The van der Waals surface area contributed by atoms with Gasteiger partial charge in [-0.1, -0.05) is 26.8 Å². The predicted octanol–water partition coefficient (Wildman–Crippen LogP) is 5.60. The average Bonchev–Trinajstić information content (AvgIpc) is 3.11. The second kappa shape index (κ2) is 11.5. The van der Waals surface area contributed by atoms with E-state index in [1.54, 1.807) is 7.11 Å². The van der Waals surface area contributed by atoms with Gasteiger partial charge < -0.3 is 24.6 Å². The van der Waals surface area contributed by atoms with Crippen molar-refractivity contribution in [2.45, 2.75) is 78.4 Å². The number of aromatic nitrogens is 1. The van der Waals surface area contributed by atoms with Gasteiger partial charge in [-0.15, -0.1) is 0 Å². The van der Waals surface area contributed by atoms with Crippen LogP contribution in [0.3, 0.4) is 0 Å². The fraction of sp³-hybridized carbons (Fsp3) is 0.615. The molecule has 6 nitrogen and oxygen atoms in total. The minimum atomic E-state index is -0.602. The lowest BCUT2D eigenvalue weighted by molar-refractivity contribution is -0.110. The van der Waals surface area contributed by atoms with Crippen molar-refractivity contribution < 1.29 is 19.1 Å². The molecule has 0 aliphatic carbocycles. The Bertz CT molecular complexity index is 882. The maximum absolute atomic E-state index is 12.2. The molecule has 1 aromatic heterocycles. The molecule has 0 aliphatic rings. The average molecular weight is 445 g/mol. The summed E-state index contributed by atoms with van der Waals surface area (Å²) in [6, 6.07) is 5.98. The Labute approximate surface area is 192 Å². The monoisotopic (exact) mass is 444 g/mol. The lowest BCUT2D eigenvalue weighted by atomic mass is 9.76. The first-order valence-corrected chi connectivity index (χ1v) is 11.6. The molecule has 0 aliphatic heterocycles. The van der Waals surface area contributed by atoms with Crippen LogP contribution in [0, 0.1) is 11.8 Å². The third kappa shape index (κ3) is 7.37. The number of hydrogen-bond donors (Lipinski definition) is 2. The van der Waals surface area contributed by atoms with Crippen molar-refractivity contribution in [2.24, 2.45) is 11.8 Å². The molecule has 0 spiro atoms. The number of nitrogens with one attached hydrogen (secondary N) is 2. The van der Waals surface area contributed by atoms with Crippen LogP contribution in [0.15, 0.2) is 24.4 Å². The molecule has 0 fully saturated rings. The fourth-order valence-corrected chi connectivity index (χ4v) is 4.29. The number of ether oxygens (including phenoxy) is 2. The number of H-pyrrole nitrogens is 1. The van der Waals surface area contributed by atoms with Gasteiger partial charge >= 0.3 is 6.09 Å². The van der Waals surface area contributed by atoms with Crippen LogP contribution in [0.2, 0.25) is 0 Å². The summed E-state index contributed by atoms with van der Waals surface area (Å²) in [5.41, 5.74) is 3.07. The normalized spacial score (nSPS) is 14.9. The summed E-state index contributed by atoms with van der Waals surface area (Å²) in [5, 5.41) is 3.97. The van der Waals surface area contributed by atoms with Crippen LogP contribution < -0.4 is 5.32 Å². The largest absolute Gasteiger partial charge is 0.444 e. The van der Waals surface area contributed by atoms with Crippen molar-refractivity contribution in [1.29, 1.82) is 0 Å². The van der Waals surface area contributed by atoms with Gasteiger partial charge in [0, 0.05) is 30.8 Å². The number of aromatic amines is 1. The number of amides is 1. The van der Waals surface area contributed by atoms with Crippen molar-refractivity contribution in [3.8, 4) is 0 Å². The zero-order valence-electron chi connectivity index (χ0n) is 20.7. The van der Waals surface area contributed by atoms with Crippen LogP contribution in [0.5, 0.6) is 0 Å². The molecule has 3 unspecified atom stereocenters. The highest BCUT2D eigenvalue weighted by Crippen LogP contribution is 2.35. The fourth-order valence-electron chi connectivity index (χ4n) is 4.29. The third-order valence-electron chi connectivity index (χ3n) is 6.00. The smallest absolute Gasteiger partial charge is 0.408 e. The molecule has 0 saturated heterocycles. The molecular formula is C26H40N2O4. The van der Waals surface area contributed by atoms with Crippen molar-refractivity contribution >= 4 is 23.3 Å². The van der Waals surface area contributed by atoms with Gasteiger partial charge in [0.15, 0.2) is 0 Å². The van der Waals surface area contributed by atoms with Crippen molar-refractivity contribution in [2.75, 3.05) is 13.7 Å². The molecule has 3 atom stereocenters. The van der Waals surface area contributed by atoms with Crippen LogP contribution in [-0.4, -0.2) is 42.7 Å². The standard InChI is InChI=1S/C26H40N2O4/c1-17(2)22(14-21(16-29)28-25(30)32-26(4,5)6)18(3)19-10-11-24-23(13-19)20(15-27-24)9-8-12-31-7/h10-11,13,15-18,21-22,27H,8-9,12,14H2,1-7H3,(H,28,30). The molecular weight excluding hydrogens is 404 g/mol. The van der Waals surface area contributed by atoms with Crippen molar-refractivity contribution in [1.82, 2.24) is 10.3 Å². The molecule has 1 amide bonds. The summed E-state index contributed by atoms with van der Waals surface area (Å²) >= 11 is 0. The maximum Gasteiger partial charge on any atom is 0.408 e. The van der Waals surface area contributed by atoms with Gasteiger partial charge in [-0.25, -0.2) is 4.79 Å². The Balaban J connectivity index is 2.18. The minimum absolute atomic E-state index is 0.216. The maximum atomic E-state index is 12.2. The molecule has 1 heterocycles. The highest BCUT2D eigenvalue weighted by atomic mass is 16.6. The van der Waals surface area contributed by atoms with Gasteiger partial charge in [0.25, 0.3) is 0 Å². The van der Waals surface area contributed by atoms with Gasteiger partial charge in [0.2, 0.25) is 0 Å². The van der Waals surface area contributed by atoms with Crippen LogP contribution in [-0.2, 0) is 20.7 Å². The lowest BCUT2D eigenvalue weighted by Gasteiger charge is -2.30. The van der Waals surface area contributed by atoms with E-state index in [9.17, 15) is 9.59 Å². The van der Waals surface area contributed by atoms with Crippen LogP contribution in [0.1, 0.15) is 71.4 Å². The zero-order valence-corrected chi connectivity index (χ0v) is 20.7. The van der Waals surface area contributed by atoms with E-state index in [1.807, 2.05) is 20.8 Å². The number of methoxy groups -OCH3 is 1. The molecule has 178 valence electrons. The van der Waals surface area contributed by atoms with E-state index < -0.39 is 17.7 Å². The van der Waals surface area contributed by atoms with Crippen LogP contribution >= 0.6 is 0 Å². The summed E-state index contributed by atoms with van der Waals surface area (Å²) in [7, 11) is 1.73. The lowest BCUT2D eigenvalue weighted by Crippen LogP contribution is -2.41. The number of hydrogen-bond acceptors (Lipinski definition) is 4. The molecule has 0 radical (unpaired) electrons. The summed E-state index contributed by atoms with van der Waals surface area (Å²) in [6.45, 7) is 12.7. The Morgan fingerprint density at radius 3 is 2.53 bits per heavy atom. The SMILES string of the molecule is COCCCc1c[nH]c2ccc(C(C)C(CC(C=O)NC(=O)OC(C)(C)C)C(C)C)cc12. The molecule has 2 aromatic rings. The van der Waals surface area contributed by atoms with Crippen molar-refractivity contribution in [3.63, 3.8) is 0 Å². The summed E-state index contributed by atoms with van der Waals surface area (Å²) < 4.78 is 10.5. The predicted molar refractivity (Wildman–Crippen MR) is 129 cm³/mol. The first-order valence-electron chi connectivity index (χ1n) is 11.6. The number of aldehydes is 1. The van der Waals surface area contributed by atoms with E-state index >= 15 is 0 Å². The van der Waals surface area contributed by atoms with Gasteiger partial charge in [0.1, 0.15) is 11.9 Å². The van der Waals surface area contributed by atoms with E-state index in [-0.39, 0.29) is 11.8 Å². The molecule has 2 rings (SSSR count). The number of benzene rings is 1. The Morgan fingerprint density at radius 2 is 1.94 bits per heavy atom. The Hall–Kier alpha value is -2.34. The third-order valence-corrected chi connectivity index (χ3v) is 6.00. The summed E-state index contributed by atoms with van der Waals surface area (Å²) in [5.74, 6) is 0.786. The first kappa shape index (κ1) is 25.9. The van der Waals surface area contributed by atoms with Crippen molar-refractivity contribution in [3.05, 3.63) is 35.5 Å². The molecule has 2 N–H and O–H groups in total. The number of fused-ring (bicyclic) bond motifs is 1. The molecule has 6 heteroatoms. The summed E-state index contributed by atoms with van der Waals surface area (Å²) in [6.07, 6.45) is 4.85. The number of rotatable bonds is 11. The number of carbonyl (C=O) groups excluding carboxylic acids is 2. The molecule has 1 aromatic carbocycles. The van der Waals surface area contributed by atoms with Crippen LogP contribution in [0.25, 0.3) is 10.9 Å². The highest BCUT2D eigenvalue weighted by Gasteiger charge is 2.28. The van der Waals surface area contributed by atoms with Crippen LogP contribution in [0.4, 0.5) is 4.79 Å². The molecule has 0 bridgehead atoms. The zero-order chi connectivity index (χ0) is 23.9. The first-order chi connectivity index (χ1) is 15.1. The topological polar surface area (TPSA) is 80.4 Å². The van der Waals surface area contributed by atoms with Gasteiger partial charge in [0.05, 0.1) is 6.04 Å². The van der Waals surface area contributed by atoms with Gasteiger partial charge in [-0.2, -0.15) is 0 Å². The Morgan fingerprint density at radius 1 is 1.22 bits per heavy atom. The summed E-state index contributed by atoms with van der Waals surface area (Å²) in [4.78, 5) is 27.3. The second-order valence-corrected chi connectivity index (χ2v) is 10.0. The molecule has 0 saturated carbocycles. The van der Waals surface area contributed by atoms with E-state index in [1.165, 1.54) is 16.5 Å². The van der Waals surface area contributed by atoms with Gasteiger partial charge in [-0.05, 0) is 81.0 Å². The Kier molecular flexibility index (Phi) is 9.32. The second-order valence-electron chi connectivity index (χ2n) is 10.0. The quantitative estimate of drug-likeness (QED) is 0.349.